The number of anilines is 1. The molecule has 0 saturated heterocycles. The lowest BCUT2D eigenvalue weighted by atomic mass is 9.98. The molecule has 2 heterocycles. The van der Waals surface area contributed by atoms with E-state index in [-0.39, 0.29) is 36.4 Å². The van der Waals surface area contributed by atoms with Crippen molar-refractivity contribution in [2.45, 2.75) is 31.2 Å². The molecular formula is C25H32N6O5S. The minimum atomic E-state index is -3.88. The van der Waals surface area contributed by atoms with Gasteiger partial charge in [-0.1, -0.05) is 13.0 Å². The zero-order valence-electron chi connectivity index (χ0n) is 21.6. The molecule has 0 spiro atoms. The van der Waals surface area contributed by atoms with E-state index in [4.69, 9.17) is 10.5 Å². The number of imidazole rings is 1. The lowest BCUT2D eigenvalue weighted by molar-refractivity contribution is -0.132. The molecule has 2 amide bonds. The number of rotatable bonds is 7. The number of nitrogens with two attached hydrogens (primary N) is 1. The highest BCUT2D eigenvalue weighted by Gasteiger charge is 2.37. The Hall–Kier alpha value is -3.64. The summed E-state index contributed by atoms with van der Waals surface area (Å²) in [5.41, 5.74) is 9.59. The summed E-state index contributed by atoms with van der Waals surface area (Å²) in [4.78, 5) is 31.3. The summed E-state index contributed by atoms with van der Waals surface area (Å²) in [5.74, 6) is 0.0216. The minimum Gasteiger partial charge on any atom is -0.497 e. The van der Waals surface area contributed by atoms with E-state index in [0.717, 1.165) is 20.9 Å². The number of ether oxygens (including phenoxy) is 1. The van der Waals surface area contributed by atoms with Crippen molar-refractivity contribution in [3.05, 3.63) is 47.0 Å². The number of likely N-dealkylation sites (N-methyl/N-ethyl adjacent to an activating group) is 1. The normalized spacial score (nSPS) is 16.8. The second kappa shape index (κ2) is 10.0. The highest BCUT2D eigenvalue weighted by atomic mass is 32.2. The van der Waals surface area contributed by atoms with Crippen molar-refractivity contribution in [3.8, 4) is 5.75 Å². The third-order valence-corrected chi connectivity index (χ3v) is 8.73. The SMILES string of the molecule is COc1cc(C)c2c(c1)C(C)CN(CC(=O)NCC(=O)N(C)Cc1ccc3c(c1)nc(N)n3C)S2(=O)=O. The molecule has 0 saturated carbocycles. The van der Waals surface area contributed by atoms with Gasteiger partial charge in [0.1, 0.15) is 5.75 Å². The highest BCUT2D eigenvalue weighted by molar-refractivity contribution is 7.89. The van der Waals surface area contributed by atoms with E-state index in [1.165, 1.54) is 12.0 Å². The molecule has 2 aromatic carbocycles. The second-order valence-corrected chi connectivity index (χ2v) is 11.3. The van der Waals surface area contributed by atoms with Crippen LogP contribution in [0.3, 0.4) is 0 Å². The van der Waals surface area contributed by atoms with Crippen LogP contribution in [0.2, 0.25) is 0 Å². The molecular weight excluding hydrogens is 496 g/mol. The van der Waals surface area contributed by atoms with Crippen molar-refractivity contribution in [3.63, 3.8) is 0 Å². The van der Waals surface area contributed by atoms with E-state index in [1.54, 1.807) is 30.7 Å². The first-order chi connectivity index (χ1) is 17.4. The van der Waals surface area contributed by atoms with Gasteiger partial charge in [-0.15, -0.1) is 0 Å². The number of hydrogen-bond acceptors (Lipinski definition) is 7. The Morgan fingerprint density at radius 2 is 2.00 bits per heavy atom. The van der Waals surface area contributed by atoms with Gasteiger partial charge in [0.15, 0.2) is 0 Å². The van der Waals surface area contributed by atoms with Crippen LogP contribution in [0.25, 0.3) is 11.0 Å². The van der Waals surface area contributed by atoms with Crippen molar-refractivity contribution in [1.82, 2.24) is 24.1 Å². The number of nitrogens with zero attached hydrogens (tertiary/aromatic N) is 4. The third-order valence-electron chi connectivity index (χ3n) is 6.70. The smallest absolute Gasteiger partial charge is 0.244 e. The summed E-state index contributed by atoms with van der Waals surface area (Å²) in [6.45, 7) is 3.48. The Kier molecular flexibility index (Phi) is 7.16. The van der Waals surface area contributed by atoms with Crippen LogP contribution in [0.1, 0.15) is 29.5 Å². The van der Waals surface area contributed by atoms with Gasteiger partial charge >= 0.3 is 0 Å². The van der Waals surface area contributed by atoms with E-state index in [2.05, 4.69) is 10.3 Å². The summed E-state index contributed by atoms with van der Waals surface area (Å²) >= 11 is 0. The molecule has 0 aliphatic carbocycles. The average Bonchev–Trinajstić information content (AvgIpc) is 3.12. The van der Waals surface area contributed by atoms with E-state index < -0.39 is 15.9 Å². The largest absolute Gasteiger partial charge is 0.497 e. The van der Waals surface area contributed by atoms with Crippen LogP contribution >= 0.6 is 0 Å². The lowest BCUT2D eigenvalue weighted by Gasteiger charge is -2.33. The second-order valence-electron chi connectivity index (χ2n) is 9.44. The molecule has 0 bridgehead atoms. The monoisotopic (exact) mass is 528 g/mol. The number of nitrogen functional groups attached to an aromatic ring is 1. The molecule has 3 N–H and O–H groups in total. The van der Waals surface area contributed by atoms with E-state index in [9.17, 15) is 18.0 Å². The van der Waals surface area contributed by atoms with Crippen LogP contribution in [-0.4, -0.2) is 72.8 Å². The number of aryl methyl sites for hydroxylation is 2. The van der Waals surface area contributed by atoms with Gasteiger partial charge in [0.2, 0.25) is 27.8 Å². The fourth-order valence-electron chi connectivity index (χ4n) is 4.63. The van der Waals surface area contributed by atoms with Crippen molar-refractivity contribution in [2.24, 2.45) is 7.05 Å². The number of nitrogens with one attached hydrogen (secondary N) is 1. The maximum absolute atomic E-state index is 13.3. The number of benzene rings is 2. The van der Waals surface area contributed by atoms with E-state index in [0.29, 0.717) is 29.4 Å². The van der Waals surface area contributed by atoms with Gasteiger partial charge in [-0.25, -0.2) is 13.4 Å². The predicted octanol–water partition coefficient (Wildman–Crippen LogP) is 1.36. The fourth-order valence-corrected chi connectivity index (χ4v) is 6.62. The quantitative estimate of drug-likeness (QED) is 0.472. The Bertz CT molecular complexity index is 1480. The van der Waals surface area contributed by atoms with Crippen LogP contribution in [0.15, 0.2) is 35.2 Å². The third kappa shape index (κ3) is 5.12. The number of hydrogen-bond donors (Lipinski definition) is 2. The Morgan fingerprint density at radius 1 is 1.27 bits per heavy atom. The van der Waals surface area contributed by atoms with E-state index in [1.807, 2.05) is 32.2 Å². The number of fused-ring (bicyclic) bond motifs is 2. The number of carbonyl (C=O) groups is 2. The van der Waals surface area contributed by atoms with Crippen LogP contribution in [-0.2, 0) is 33.2 Å². The fraction of sp³-hybridized carbons (Fsp3) is 0.400. The van der Waals surface area contributed by atoms with Crippen molar-refractivity contribution < 1.29 is 22.7 Å². The van der Waals surface area contributed by atoms with Gasteiger partial charge in [-0.2, -0.15) is 4.31 Å². The summed E-state index contributed by atoms with van der Waals surface area (Å²) < 4.78 is 34.8. The molecule has 4 rings (SSSR count). The summed E-state index contributed by atoms with van der Waals surface area (Å²) in [7, 11) is 1.12. The number of aromatic nitrogens is 2. The minimum absolute atomic E-state index is 0.125. The number of sulfonamides is 1. The first kappa shape index (κ1) is 26.4. The van der Waals surface area contributed by atoms with Crippen LogP contribution < -0.4 is 15.8 Å². The maximum Gasteiger partial charge on any atom is 0.244 e. The van der Waals surface area contributed by atoms with Gasteiger partial charge in [0.25, 0.3) is 0 Å². The summed E-state index contributed by atoms with van der Waals surface area (Å²) in [6, 6.07) is 9.05. The van der Waals surface area contributed by atoms with Gasteiger partial charge in [-0.3, -0.25) is 9.59 Å². The standard InChI is InChI=1S/C25H32N6O5S/c1-15-8-18(36-5)10-19-16(2)12-31(37(34,35)24(15)19)14-22(32)27-11-23(33)29(3)13-17-6-7-21-20(9-17)28-25(26)30(21)4/h6-10,16H,11-14H2,1-5H3,(H2,26,28)(H,27,32). The Balaban J connectivity index is 1.37. The number of methoxy groups -OCH3 is 1. The molecule has 12 heteroatoms. The zero-order valence-corrected chi connectivity index (χ0v) is 22.4. The predicted molar refractivity (Wildman–Crippen MR) is 140 cm³/mol. The summed E-state index contributed by atoms with van der Waals surface area (Å²) in [5, 5.41) is 2.56. The summed E-state index contributed by atoms with van der Waals surface area (Å²) in [6.07, 6.45) is 0. The topological polar surface area (TPSA) is 140 Å². The maximum atomic E-state index is 13.3. The first-order valence-corrected chi connectivity index (χ1v) is 13.3. The molecule has 1 unspecified atom stereocenters. The Labute approximate surface area is 216 Å². The highest BCUT2D eigenvalue weighted by Crippen LogP contribution is 2.38. The lowest BCUT2D eigenvalue weighted by Crippen LogP contribution is -2.47. The molecule has 0 radical (unpaired) electrons. The van der Waals surface area contributed by atoms with Crippen molar-refractivity contribution in [2.75, 3.05) is 39.5 Å². The van der Waals surface area contributed by atoms with Crippen LogP contribution in [0.4, 0.5) is 5.95 Å². The number of carbonyl (C=O) groups excluding carboxylic acids is 2. The van der Waals surface area contributed by atoms with Gasteiger partial charge in [0, 0.05) is 27.2 Å². The van der Waals surface area contributed by atoms with Gasteiger partial charge in [-0.05, 0) is 53.8 Å². The van der Waals surface area contributed by atoms with Crippen molar-refractivity contribution in [1.29, 1.82) is 0 Å². The molecule has 198 valence electrons. The Morgan fingerprint density at radius 3 is 2.70 bits per heavy atom. The van der Waals surface area contributed by atoms with Crippen molar-refractivity contribution >= 4 is 38.8 Å². The molecule has 37 heavy (non-hydrogen) atoms. The molecule has 3 aromatic rings. The molecule has 1 aromatic heterocycles. The molecule has 0 fully saturated rings. The molecule has 11 nitrogen and oxygen atoms in total. The molecule has 1 atom stereocenters. The molecule has 1 aliphatic rings. The average molecular weight is 529 g/mol. The van der Waals surface area contributed by atoms with Crippen LogP contribution in [0.5, 0.6) is 5.75 Å². The first-order valence-electron chi connectivity index (χ1n) is 11.8. The molecule has 1 aliphatic heterocycles. The zero-order chi connectivity index (χ0) is 27.1. The number of amides is 2. The van der Waals surface area contributed by atoms with Crippen LogP contribution in [0, 0.1) is 6.92 Å². The van der Waals surface area contributed by atoms with Gasteiger partial charge in [0.05, 0.1) is 36.1 Å². The van der Waals surface area contributed by atoms with E-state index >= 15 is 0 Å². The van der Waals surface area contributed by atoms with Gasteiger partial charge < -0.3 is 25.3 Å².